The first-order chi connectivity index (χ1) is 29.6. The molecule has 4 heteroatoms. The number of aliphatic imine (C=N–C) groups is 1. The lowest BCUT2D eigenvalue weighted by atomic mass is 9.91. The quantitative estimate of drug-likeness (QED) is 0.190. The van der Waals surface area contributed by atoms with E-state index < -0.39 is 0 Å². The fourth-order valence-electron chi connectivity index (χ4n) is 9.47. The van der Waals surface area contributed by atoms with Crippen molar-refractivity contribution < 1.29 is 8.83 Å². The van der Waals surface area contributed by atoms with Crippen LogP contribution in [0.25, 0.3) is 93.4 Å². The van der Waals surface area contributed by atoms with Crippen LogP contribution >= 0.6 is 0 Å². The molecule has 1 N–H and O–H groups in total. The zero-order chi connectivity index (χ0) is 39.7. The number of hydrogen-bond donors (Lipinski definition) is 1. The zero-order valence-electron chi connectivity index (χ0n) is 32.9. The molecular weight excluding hydrogens is 733 g/mol. The van der Waals surface area contributed by atoms with Crippen molar-refractivity contribution in [3.8, 4) is 22.3 Å². The first-order valence-electron chi connectivity index (χ1n) is 20.6. The van der Waals surface area contributed by atoms with Crippen LogP contribution in [0.2, 0.25) is 0 Å². The van der Waals surface area contributed by atoms with Crippen molar-refractivity contribution >= 4 is 76.8 Å². The lowest BCUT2D eigenvalue weighted by Crippen LogP contribution is -2.19. The van der Waals surface area contributed by atoms with Gasteiger partial charge < -0.3 is 14.2 Å². The summed E-state index contributed by atoms with van der Waals surface area (Å²) in [4.78, 5) is 5.59. The van der Waals surface area contributed by atoms with Gasteiger partial charge in [-0.25, -0.2) is 0 Å². The maximum atomic E-state index is 6.55. The molecule has 0 amide bonds. The molecule has 60 heavy (non-hydrogen) atoms. The van der Waals surface area contributed by atoms with E-state index in [1.165, 1.54) is 21.9 Å². The van der Waals surface area contributed by atoms with Gasteiger partial charge >= 0.3 is 0 Å². The van der Waals surface area contributed by atoms with E-state index in [1.807, 2.05) is 12.1 Å². The molecule has 0 saturated carbocycles. The van der Waals surface area contributed by atoms with Crippen LogP contribution in [0.5, 0.6) is 0 Å². The Morgan fingerprint density at radius 2 is 1.08 bits per heavy atom. The van der Waals surface area contributed by atoms with Gasteiger partial charge in [-0.3, -0.25) is 4.99 Å². The molecule has 0 bridgehead atoms. The van der Waals surface area contributed by atoms with E-state index in [4.69, 9.17) is 13.8 Å². The van der Waals surface area contributed by atoms with Crippen LogP contribution in [0, 0.1) is 0 Å². The van der Waals surface area contributed by atoms with E-state index in [1.54, 1.807) is 0 Å². The Hall–Kier alpha value is -7.69. The van der Waals surface area contributed by atoms with E-state index in [0.717, 1.165) is 99.4 Å². The van der Waals surface area contributed by atoms with E-state index in [-0.39, 0.29) is 6.17 Å². The fraction of sp³-hybridized carbons (Fsp3) is 0.0536. The lowest BCUT2D eigenvalue weighted by Gasteiger charge is -2.22. The Morgan fingerprint density at radius 3 is 1.92 bits per heavy atom. The number of benzene rings is 9. The molecule has 0 saturated heterocycles. The van der Waals surface area contributed by atoms with Crippen LogP contribution < -0.4 is 5.32 Å². The van der Waals surface area contributed by atoms with Gasteiger partial charge in [-0.1, -0.05) is 152 Å². The van der Waals surface area contributed by atoms with Gasteiger partial charge in [-0.15, -0.1) is 0 Å². The highest BCUT2D eigenvalue weighted by molar-refractivity contribution is 6.17. The largest absolute Gasteiger partial charge is 0.456 e. The third-order valence-electron chi connectivity index (χ3n) is 12.3. The summed E-state index contributed by atoms with van der Waals surface area (Å²) in [6, 6.07) is 66.8. The SMILES string of the molecule is CC1=C(c2cccc3oc4ccccc4c23)NC(c2ccc(-c3cccc4oc5ccc(-c6ccc7ccccc7c6)cc5c34)c3ccccc23)N=C(c2ccccc2)C1. The van der Waals surface area contributed by atoms with Gasteiger partial charge in [0.05, 0.1) is 0 Å². The van der Waals surface area contributed by atoms with Crippen LogP contribution in [0.4, 0.5) is 0 Å². The van der Waals surface area contributed by atoms with Gasteiger partial charge in [0.1, 0.15) is 28.5 Å². The van der Waals surface area contributed by atoms with E-state index in [9.17, 15) is 0 Å². The van der Waals surface area contributed by atoms with Crippen molar-refractivity contribution in [2.24, 2.45) is 4.99 Å². The first kappa shape index (κ1) is 34.4. The molecule has 0 aliphatic carbocycles. The molecule has 11 aromatic rings. The van der Waals surface area contributed by atoms with E-state index in [2.05, 4.69) is 188 Å². The third kappa shape index (κ3) is 5.56. The van der Waals surface area contributed by atoms with Gasteiger partial charge in [-0.2, -0.15) is 0 Å². The highest BCUT2D eigenvalue weighted by Gasteiger charge is 2.26. The average molecular weight is 771 g/mol. The summed E-state index contributed by atoms with van der Waals surface area (Å²) in [5, 5.41) is 13.2. The summed E-state index contributed by atoms with van der Waals surface area (Å²) in [6.45, 7) is 2.23. The minimum atomic E-state index is -0.366. The number of para-hydroxylation sites is 1. The average Bonchev–Trinajstić information content (AvgIpc) is 3.83. The molecule has 4 nitrogen and oxygen atoms in total. The van der Waals surface area contributed by atoms with Crippen LogP contribution in [0.15, 0.2) is 207 Å². The topological polar surface area (TPSA) is 50.7 Å². The molecule has 2 aromatic heterocycles. The number of allylic oxidation sites excluding steroid dienone is 1. The van der Waals surface area contributed by atoms with E-state index in [0.29, 0.717) is 6.42 Å². The zero-order valence-corrected chi connectivity index (χ0v) is 32.9. The minimum absolute atomic E-state index is 0.366. The van der Waals surface area contributed by atoms with Gasteiger partial charge in [0.15, 0.2) is 0 Å². The van der Waals surface area contributed by atoms with Crippen molar-refractivity contribution in [3.05, 3.63) is 210 Å². The predicted molar refractivity (Wildman–Crippen MR) is 249 cm³/mol. The Balaban J connectivity index is 1.03. The number of nitrogens with zero attached hydrogens (tertiary/aromatic N) is 1. The Kier molecular flexibility index (Phi) is 7.85. The molecule has 1 atom stereocenters. The lowest BCUT2D eigenvalue weighted by molar-refractivity contribution is 0.668. The number of rotatable bonds is 5. The number of furan rings is 2. The second-order valence-corrected chi connectivity index (χ2v) is 15.9. The summed E-state index contributed by atoms with van der Waals surface area (Å²) >= 11 is 0. The summed E-state index contributed by atoms with van der Waals surface area (Å²) in [5.74, 6) is 0. The second-order valence-electron chi connectivity index (χ2n) is 15.9. The molecule has 0 fully saturated rings. The standard InChI is InChI=1S/C56H38N2O2/c1-34-31-48(36-14-3-2-4-15-36)57-56(58-55(34)46-21-12-24-52-54(46)45-19-9-10-22-49(45)59-52)44-29-28-42(40-17-7-8-18-41(40)44)43-20-11-23-51-53(43)47-33-39(27-30-50(47)60-51)38-26-25-35-13-5-6-16-37(35)32-38/h2-30,32-33,56,58H,31H2,1H3. The van der Waals surface area contributed by atoms with Crippen molar-refractivity contribution in [1.29, 1.82) is 0 Å². The number of hydrogen-bond acceptors (Lipinski definition) is 4. The van der Waals surface area contributed by atoms with Crippen LogP contribution in [-0.2, 0) is 0 Å². The molecule has 0 radical (unpaired) electrons. The maximum absolute atomic E-state index is 6.55. The van der Waals surface area contributed by atoms with Gasteiger partial charge in [0.25, 0.3) is 0 Å². The summed E-state index contributed by atoms with van der Waals surface area (Å²) < 4.78 is 12.9. The summed E-state index contributed by atoms with van der Waals surface area (Å²) in [7, 11) is 0. The molecule has 284 valence electrons. The smallest absolute Gasteiger partial charge is 0.145 e. The molecule has 9 aromatic carbocycles. The summed E-state index contributed by atoms with van der Waals surface area (Å²) in [6.07, 6.45) is 0.344. The van der Waals surface area contributed by atoms with Crippen molar-refractivity contribution in [3.63, 3.8) is 0 Å². The number of nitrogens with one attached hydrogen (secondary N) is 1. The van der Waals surface area contributed by atoms with Crippen molar-refractivity contribution in [1.82, 2.24) is 5.32 Å². The molecule has 0 spiro atoms. The van der Waals surface area contributed by atoms with Gasteiger partial charge in [0.2, 0.25) is 0 Å². The third-order valence-corrected chi connectivity index (χ3v) is 12.3. The molecule has 1 aliphatic rings. The van der Waals surface area contributed by atoms with Crippen molar-refractivity contribution in [2.75, 3.05) is 0 Å². The van der Waals surface area contributed by atoms with Crippen LogP contribution in [0.3, 0.4) is 0 Å². The minimum Gasteiger partial charge on any atom is -0.456 e. The molecule has 12 rings (SSSR count). The van der Waals surface area contributed by atoms with Crippen LogP contribution in [0.1, 0.15) is 36.2 Å². The number of fused-ring (bicyclic) bond motifs is 8. The second kappa shape index (κ2) is 13.7. The summed E-state index contributed by atoms with van der Waals surface area (Å²) in [5.41, 5.74) is 14.9. The molecule has 3 heterocycles. The van der Waals surface area contributed by atoms with Crippen molar-refractivity contribution in [2.45, 2.75) is 19.5 Å². The molecule has 1 aliphatic heterocycles. The molecule has 1 unspecified atom stereocenters. The predicted octanol–water partition coefficient (Wildman–Crippen LogP) is 15.0. The Bertz CT molecular complexity index is 3570. The highest BCUT2D eigenvalue weighted by Crippen LogP contribution is 2.44. The van der Waals surface area contributed by atoms with E-state index >= 15 is 0 Å². The molecular formula is C56H38N2O2. The fourth-order valence-corrected chi connectivity index (χ4v) is 9.47. The maximum Gasteiger partial charge on any atom is 0.145 e. The normalized spacial score (nSPS) is 14.7. The monoisotopic (exact) mass is 770 g/mol. The Labute approximate surface area is 346 Å². The Morgan fingerprint density at radius 1 is 0.450 bits per heavy atom. The van der Waals surface area contributed by atoms with Gasteiger partial charge in [0, 0.05) is 50.5 Å². The van der Waals surface area contributed by atoms with Gasteiger partial charge in [-0.05, 0) is 98.3 Å². The highest BCUT2D eigenvalue weighted by atomic mass is 16.3. The first-order valence-corrected chi connectivity index (χ1v) is 20.6. The van der Waals surface area contributed by atoms with Crippen LogP contribution in [-0.4, -0.2) is 5.71 Å².